The largest absolute Gasteiger partial charge is 0.458 e. The van der Waals surface area contributed by atoms with Gasteiger partial charge < -0.3 is 14.2 Å². The molecule has 1 aliphatic heterocycles. The van der Waals surface area contributed by atoms with Crippen molar-refractivity contribution >= 4 is 17.0 Å². The van der Waals surface area contributed by atoms with Gasteiger partial charge in [0, 0.05) is 26.0 Å². The van der Waals surface area contributed by atoms with Gasteiger partial charge in [-0.15, -0.1) is 0 Å². The molecule has 1 aliphatic rings. The van der Waals surface area contributed by atoms with Crippen molar-refractivity contribution in [2.24, 2.45) is 7.05 Å². The van der Waals surface area contributed by atoms with Crippen molar-refractivity contribution in [3.63, 3.8) is 0 Å². The molecule has 124 valence electrons. The first-order valence-corrected chi connectivity index (χ1v) is 8.03. The van der Waals surface area contributed by atoms with E-state index in [0.29, 0.717) is 6.01 Å². The zero-order valence-corrected chi connectivity index (χ0v) is 13.8. The molecule has 3 aromatic rings. The smallest absolute Gasteiger partial charge is 0.316 e. The van der Waals surface area contributed by atoms with Crippen LogP contribution in [0.4, 0.5) is 5.82 Å². The van der Waals surface area contributed by atoms with Gasteiger partial charge in [0.2, 0.25) is 0 Å². The van der Waals surface area contributed by atoms with E-state index in [9.17, 15) is 0 Å². The minimum absolute atomic E-state index is 0.0372. The van der Waals surface area contributed by atoms with Gasteiger partial charge in [0.05, 0.1) is 12.9 Å². The van der Waals surface area contributed by atoms with E-state index in [0.717, 1.165) is 48.5 Å². The van der Waals surface area contributed by atoms with Gasteiger partial charge in [-0.25, -0.2) is 24.9 Å². The summed E-state index contributed by atoms with van der Waals surface area (Å²) < 4.78 is 7.85. The first-order valence-electron chi connectivity index (χ1n) is 8.03. The van der Waals surface area contributed by atoms with Gasteiger partial charge in [0.1, 0.15) is 12.4 Å². The number of aryl methyl sites for hydroxylation is 2. The normalized spacial score (nSPS) is 18.1. The third-order valence-corrected chi connectivity index (χ3v) is 4.18. The van der Waals surface area contributed by atoms with Gasteiger partial charge in [-0.1, -0.05) is 0 Å². The van der Waals surface area contributed by atoms with E-state index in [4.69, 9.17) is 4.74 Å². The number of rotatable bonds is 3. The summed E-state index contributed by atoms with van der Waals surface area (Å²) in [4.78, 5) is 23.9. The molecule has 0 bridgehead atoms. The first kappa shape index (κ1) is 14.8. The Bertz CT molecular complexity index is 845. The molecule has 8 nitrogen and oxygen atoms in total. The average molecular weight is 325 g/mol. The number of anilines is 1. The van der Waals surface area contributed by atoms with Crippen LogP contribution in [-0.4, -0.2) is 48.7 Å². The van der Waals surface area contributed by atoms with Crippen molar-refractivity contribution in [3.8, 4) is 6.01 Å². The van der Waals surface area contributed by atoms with Crippen molar-refractivity contribution in [2.75, 3.05) is 18.0 Å². The number of hydrogen-bond acceptors (Lipinski definition) is 7. The Labute approximate surface area is 139 Å². The molecule has 0 N–H and O–H groups in total. The highest BCUT2D eigenvalue weighted by molar-refractivity contribution is 5.83. The molecule has 0 radical (unpaired) electrons. The zero-order valence-electron chi connectivity index (χ0n) is 13.8. The quantitative estimate of drug-likeness (QED) is 0.722. The Hall–Kier alpha value is -2.77. The summed E-state index contributed by atoms with van der Waals surface area (Å²) >= 11 is 0. The Morgan fingerprint density at radius 2 is 1.96 bits per heavy atom. The molecule has 3 aromatic heterocycles. The Morgan fingerprint density at radius 1 is 1.12 bits per heavy atom. The standard InChI is InChI=1S/C16H19N7O/c1-11-6-17-16(18-7-11)24-12-4-3-5-23(8-12)15-13-14(19-9-20-15)22(2)10-21-13/h6-7,9-10,12H,3-5,8H2,1-2H3. The number of imidazole rings is 1. The fourth-order valence-electron chi connectivity index (χ4n) is 2.98. The van der Waals surface area contributed by atoms with Gasteiger partial charge in [-0.05, 0) is 25.3 Å². The second kappa shape index (κ2) is 6.03. The average Bonchev–Trinajstić information content (AvgIpc) is 2.99. The minimum Gasteiger partial charge on any atom is -0.458 e. The Kier molecular flexibility index (Phi) is 3.72. The summed E-state index contributed by atoms with van der Waals surface area (Å²) in [6.45, 7) is 3.62. The van der Waals surface area contributed by atoms with Crippen molar-refractivity contribution in [3.05, 3.63) is 30.6 Å². The maximum atomic E-state index is 5.95. The highest BCUT2D eigenvalue weighted by Gasteiger charge is 2.25. The van der Waals surface area contributed by atoms with Crippen LogP contribution in [0.25, 0.3) is 11.2 Å². The molecule has 1 fully saturated rings. The van der Waals surface area contributed by atoms with Crippen LogP contribution in [0.15, 0.2) is 25.0 Å². The molecule has 0 amide bonds. The van der Waals surface area contributed by atoms with Crippen LogP contribution in [0.1, 0.15) is 18.4 Å². The van der Waals surface area contributed by atoms with E-state index < -0.39 is 0 Å². The molecular formula is C16H19N7O. The van der Waals surface area contributed by atoms with Crippen LogP contribution in [-0.2, 0) is 7.05 Å². The SMILES string of the molecule is Cc1cnc(OC2CCCN(c3ncnc4c3ncn4C)C2)nc1. The van der Waals surface area contributed by atoms with Gasteiger partial charge >= 0.3 is 6.01 Å². The second-order valence-corrected chi connectivity index (χ2v) is 6.10. The maximum absolute atomic E-state index is 5.95. The zero-order chi connectivity index (χ0) is 16.5. The second-order valence-electron chi connectivity index (χ2n) is 6.10. The Balaban J connectivity index is 1.54. The number of hydrogen-bond donors (Lipinski definition) is 0. The lowest BCUT2D eigenvalue weighted by Gasteiger charge is -2.33. The van der Waals surface area contributed by atoms with E-state index >= 15 is 0 Å². The predicted molar refractivity (Wildman–Crippen MR) is 88.9 cm³/mol. The highest BCUT2D eigenvalue weighted by Crippen LogP contribution is 2.25. The van der Waals surface area contributed by atoms with Gasteiger partial charge in [-0.2, -0.15) is 0 Å². The van der Waals surface area contributed by atoms with Gasteiger partial charge in [-0.3, -0.25) is 0 Å². The molecule has 1 saturated heterocycles. The van der Waals surface area contributed by atoms with Crippen molar-refractivity contribution < 1.29 is 4.74 Å². The molecular weight excluding hydrogens is 306 g/mol. The third kappa shape index (κ3) is 2.75. The lowest BCUT2D eigenvalue weighted by Crippen LogP contribution is -2.42. The topological polar surface area (TPSA) is 81.9 Å². The number of aromatic nitrogens is 6. The van der Waals surface area contributed by atoms with Crippen LogP contribution in [0, 0.1) is 6.92 Å². The van der Waals surface area contributed by atoms with E-state index in [-0.39, 0.29) is 6.10 Å². The number of piperidine rings is 1. The van der Waals surface area contributed by atoms with E-state index in [1.54, 1.807) is 25.0 Å². The molecule has 24 heavy (non-hydrogen) atoms. The summed E-state index contributed by atoms with van der Waals surface area (Å²) in [7, 11) is 1.93. The van der Waals surface area contributed by atoms with Crippen LogP contribution < -0.4 is 9.64 Å². The van der Waals surface area contributed by atoms with Crippen LogP contribution >= 0.6 is 0 Å². The number of fused-ring (bicyclic) bond motifs is 1. The monoisotopic (exact) mass is 325 g/mol. The fraction of sp³-hybridized carbons (Fsp3) is 0.438. The third-order valence-electron chi connectivity index (χ3n) is 4.18. The highest BCUT2D eigenvalue weighted by atomic mass is 16.5. The van der Waals surface area contributed by atoms with Crippen molar-refractivity contribution in [1.82, 2.24) is 29.5 Å². The van der Waals surface area contributed by atoms with Gasteiger partial charge in [0.25, 0.3) is 0 Å². The molecule has 0 aliphatic carbocycles. The lowest BCUT2D eigenvalue weighted by molar-refractivity contribution is 0.164. The van der Waals surface area contributed by atoms with Crippen molar-refractivity contribution in [2.45, 2.75) is 25.9 Å². The van der Waals surface area contributed by atoms with Crippen LogP contribution in [0.2, 0.25) is 0 Å². The first-order chi connectivity index (χ1) is 11.7. The van der Waals surface area contributed by atoms with E-state index in [1.165, 1.54) is 0 Å². The molecule has 4 rings (SSSR count). The number of ether oxygens (including phenoxy) is 1. The minimum atomic E-state index is 0.0372. The summed E-state index contributed by atoms with van der Waals surface area (Å²) in [6.07, 6.45) is 8.93. The molecule has 0 spiro atoms. The summed E-state index contributed by atoms with van der Waals surface area (Å²) in [5.41, 5.74) is 2.68. The molecule has 4 heterocycles. The van der Waals surface area contributed by atoms with Crippen LogP contribution in [0.3, 0.4) is 0 Å². The summed E-state index contributed by atoms with van der Waals surface area (Å²) in [6, 6.07) is 0.429. The molecule has 0 aromatic carbocycles. The predicted octanol–water partition coefficient (Wildman–Crippen LogP) is 1.51. The summed E-state index contributed by atoms with van der Waals surface area (Å²) in [5, 5.41) is 0. The van der Waals surface area contributed by atoms with Gasteiger partial charge in [0.15, 0.2) is 17.0 Å². The summed E-state index contributed by atoms with van der Waals surface area (Å²) in [5.74, 6) is 0.860. The molecule has 1 unspecified atom stereocenters. The maximum Gasteiger partial charge on any atom is 0.316 e. The molecule has 0 saturated carbocycles. The molecule has 8 heteroatoms. The molecule has 1 atom stereocenters. The Morgan fingerprint density at radius 3 is 2.79 bits per heavy atom. The van der Waals surface area contributed by atoms with Crippen LogP contribution in [0.5, 0.6) is 6.01 Å². The lowest BCUT2D eigenvalue weighted by atomic mass is 10.1. The fourth-order valence-corrected chi connectivity index (χ4v) is 2.98. The van der Waals surface area contributed by atoms with E-state index in [1.807, 2.05) is 18.5 Å². The number of nitrogens with zero attached hydrogens (tertiary/aromatic N) is 7. The van der Waals surface area contributed by atoms with E-state index in [2.05, 4.69) is 29.8 Å². The van der Waals surface area contributed by atoms with Crippen molar-refractivity contribution in [1.29, 1.82) is 0 Å².